The second kappa shape index (κ2) is 3.02. The predicted molar refractivity (Wildman–Crippen MR) is 44.9 cm³/mol. The second-order valence-electron chi connectivity index (χ2n) is 3.03. The first-order valence-electron chi connectivity index (χ1n) is 3.74. The van der Waals surface area contributed by atoms with Gasteiger partial charge in [0.2, 0.25) is 0 Å². The Morgan fingerprint density at radius 3 is 2.80 bits per heavy atom. The standard InChI is InChI=1S/C9H15N/c1-4-8(2)9-5-6-10(3)7-9/h4,9H,1-2,5-7H2,3H3. The molecule has 1 saturated heterocycles. The van der Waals surface area contributed by atoms with Gasteiger partial charge in [-0.15, -0.1) is 0 Å². The minimum atomic E-state index is 0.669. The van der Waals surface area contributed by atoms with Crippen LogP contribution in [0.2, 0.25) is 0 Å². The smallest absolute Gasteiger partial charge is 0.00475 e. The van der Waals surface area contributed by atoms with Crippen molar-refractivity contribution < 1.29 is 0 Å². The Kier molecular flexibility index (Phi) is 2.28. The largest absolute Gasteiger partial charge is 0.306 e. The van der Waals surface area contributed by atoms with Gasteiger partial charge >= 0.3 is 0 Å². The lowest BCUT2D eigenvalue weighted by molar-refractivity contribution is 0.406. The molecule has 1 rings (SSSR count). The van der Waals surface area contributed by atoms with E-state index in [2.05, 4.69) is 25.1 Å². The van der Waals surface area contributed by atoms with E-state index in [0.717, 1.165) is 6.54 Å². The second-order valence-corrected chi connectivity index (χ2v) is 3.03. The molecule has 56 valence electrons. The van der Waals surface area contributed by atoms with Crippen LogP contribution in [-0.2, 0) is 0 Å². The highest BCUT2D eigenvalue weighted by atomic mass is 15.1. The summed E-state index contributed by atoms with van der Waals surface area (Å²) in [6.07, 6.45) is 3.13. The lowest BCUT2D eigenvalue weighted by Crippen LogP contribution is -2.14. The Morgan fingerprint density at radius 2 is 2.40 bits per heavy atom. The maximum atomic E-state index is 3.94. The van der Waals surface area contributed by atoms with Gasteiger partial charge in [0.25, 0.3) is 0 Å². The summed E-state index contributed by atoms with van der Waals surface area (Å²) >= 11 is 0. The first-order chi connectivity index (χ1) is 4.74. The first-order valence-corrected chi connectivity index (χ1v) is 3.74. The minimum absolute atomic E-state index is 0.669. The molecule has 0 saturated carbocycles. The highest BCUT2D eigenvalue weighted by Gasteiger charge is 2.19. The summed E-state index contributed by atoms with van der Waals surface area (Å²) in [5.74, 6) is 0.669. The fourth-order valence-corrected chi connectivity index (χ4v) is 1.40. The van der Waals surface area contributed by atoms with Crippen LogP contribution in [-0.4, -0.2) is 25.0 Å². The number of hydrogen-bond acceptors (Lipinski definition) is 1. The van der Waals surface area contributed by atoms with Crippen molar-refractivity contribution in [2.45, 2.75) is 6.42 Å². The normalized spacial score (nSPS) is 26.7. The fourth-order valence-electron chi connectivity index (χ4n) is 1.40. The van der Waals surface area contributed by atoms with Gasteiger partial charge in [0.05, 0.1) is 0 Å². The molecular weight excluding hydrogens is 122 g/mol. The van der Waals surface area contributed by atoms with Crippen LogP contribution in [0.1, 0.15) is 6.42 Å². The Hall–Kier alpha value is -0.560. The van der Waals surface area contributed by atoms with Gasteiger partial charge in [-0.05, 0) is 25.9 Å². The van der Waals surface area contributed by atoms with Crippen molar-refractivity contribution in [3.8, 4) is 0 Å². The molecule has 0 bridgehead atoms. The zero-order valence-corrected chi connectivity index (χ0v) is 6.64. The molecule has 1 fully saturated rings. The molecule has 1 unspecified atom stereocenters. The number of rotatable bonds is 2. The maximum Gasteiger partial charge on any atom is 0.00475 e. The van der Waals surface area contributed by atoms with Crippen LogP contribution >= 0.6 is 0 Å². The molecule has 1 nitrogen and oxygen atoms in total. The van der Waals surface area contributed by atoms with Crippen molar-refractivity contribution in [2.75, 3.05) is 20.1 Å². The topological polar surface area (TPSA) is 3.24 Å². The lowest BCUT2D eigenvalue weighted by atomic mass is 10.0. The van der Waals surface area contributed by atoms with E-state index in [1.54, 1.807) is 0 Å². The SMILES string of the molecule is C=CC(=C)C1CCN(C)C1. The van der Waals surface area contributed by atoms with Gasteiger partial charge in [-0.1, -0.05) is 24.8 Å². The first kappa shape index (κ1) is 7.55. The summed E-state index contributed by atoms with van der Waals surface area (Å²) in [6, 6.07) is 0. The number of hydrogen-bond donors (Lipinski definition) is 0. The van der Waals surface area contributed by atoms with Crippen LogP contribution < -0.4 is 0 Å². The van der Waals surface area contributed by atoms with Gasteiger partial charge in [0, 0.05) is 6.54 Å². The van der Waals surface area contributed by atoms with Crippen molar-refractivity contribution in [1.82, 2.24) is 4.90 Å². The van der Waals surface area contributed by atoms with Gasteiger partial charge in [-0.2, -0.15) is 0 Å². The van der Waals surface area contributed by atoms with E-state index < -0.39 is 0 Å². The third kappa shape index (κ3) is 1.48. The summed E-state index contributed by atoms with van der Waals surface area (Å²) in [7, 11) is 2.15. The Morgan fingerprint density at radius 1 is 1.70 bits per heavy atom. The van der Waals surface area contributed by atoms with E-state index in [0.29, 0.717) is 5.92 Å². The zero-order chi connectivity index (χ0) is 7.56. The molecule has 0 spiro atoms. The number of allylic oxidation sites excluding steroid dienone is 1. The number of nitrogens with zero attached hydrogens (tertiary/aromatic N) is 1. The number of likely N-dealkylation sites (tertiary alicyclic amines) is 1. The zero-order valence-electron chi connectivity index (χ0n) is 6.64. The monoisotopic (exact) mass is 137 g/mol. The predicted octanol–water partition coefficient (Wildman–Crippen LogP) is 1.68. The van der Waals surface area contributed by atoms with Crippen molar-refractivity contribution >= 4 is 0 Å². The van der Waals surface area contributed by atoms with E-state index >= 15 is 0 Å². The molecule has 0 aromatic carbocycles. The quantitative estimate of drug-likeness (QED) is 0.523. The van der Waals surface area contributed by atoms with E-state index in [9.17, 15) is 0 Å². The molecule has 10 heavy (non-hydrogen) atoms. The molecular formula is C9H15N. The van der Waals surface area contributed by atoms with Gasteiger partial charge in [-0.25, -0.2) is 0 Å². The summed E-state index contributed by atoms with van der Waals surface area (Å²) in [5, 5.41) is 0. The highest BCUT2D eigenvalue weighted by molar-refractivity contribution is 5.16. The summed E-state index contributed by atoms with van der Waals surface area (Å²) in [6.45, 7) is 10.0. The average molecular weight is 137 g/mol. The molecule has 1 aliphatic rings. The van der Waals surface area contributed by atoms with Crippen LogP contribution in [0.4, 0.5) is 0 Å². The minimum Gasteiger partial charge on any atom is -0.306 e. The van der Waals surface area contributed by atoms with Gasteiger partial charge < -0.3 is 4.90 Å². The Labute approximate surface area is 63.0 Å². The molecule has 1 atom stereocenters. The average Bonchev–Trinajstić information content (AvgIpc) is 2.34. The van der Waals surface area contributed by atoms with E-state index in [4.69, 9.17) is 0 Å². The van der Waals surface area contributed by atoms with Crippen LogP contribution in [0.3, 0.4) is 0 Å². The van der Waals surface area contributed by atoms with Crippen LogP contribution in [0.5, 0.6) is 0 Å². The molecule has 0 radical (unpaired) electrons. The summed E-state index contributed by atoms with van der Waals surface area (Å²) in [4.78, 5) is 2.33. The van der Waals surface area contributed by atoms with Crippen molar-refractivity contribution in [1.29, 1.82) is 0 Å². The molecule has 0 N–H and O–H groups in total. The maximum absolute atomic E-state index is 3.94. The van der Waals surface area contributed by atoms with E-state index in [-0.39, 0.29) is 0 Å². The Bertz CT molecular complexity index is 149. The molecule has 1 aliphatic heterocycles. The molecule has 1 heterocycles. The van der Waals surface area contributed by atoms with Gasteiger partial charge in [0.1, 0.15) is 0 Å². The highest BCUT2D eigenvalue weighted by Crippen LogP contribution is 2.21. The van der Waals surface area contributed by atoms with Crippen molar-refractivity contribution in [2.24, 2.45) is 5.92 Å². The van der Waals surface area contributed by atoms with Crippen LogP contribution in [0, 0.1) is 5.92 Å². The van der Waals surface area contributed by atoms with E-state index in [1.165, 1.54) is 18.5 Å². The molecule has 1 heteroatoms. The lowest BCUT2D eigenvalue weighted by Gasteiger charge is -2.09. The molecule has 0 aliphatic carbocycles. The van der Waals surface area contributed by atoms with Gasteiger partial charge in [0.15, 0.2) is 0 Å². The fraction of sp³-hybridized carbons (Fsp3) is 0.556. The third-order valence-electron chi connectivity index (χ3n) is 2.18. The van der Waals surface area contributed by atoms with Crippen LogP contribution in [0.15, 0.2) is 24.8 Å². The van der Waals surface area contributed by atoms with E-state index in [1.807, 2.05) is 6.08 Å². The molecule has 0 amide bonds. The molecule has 0 aromatic heterocycles. The molecule has 0 aromatic rings. The van der Waals surface area contributed by atoms with Crippen molar-refractivity contribution in [3.63, 3.8) is 0 Å². The third-order valence-corrected chi connectivity index (χ3v) is 2.18. The van der Waals surface area contributed by atoms with Crippen molar-refractivity contribution in [3.05, 3.63) is 24.8 Å². The Balaban J connectivity index is 2.44. The summed E-state index contributed by atoms with van der Waals surface area (Å²) in [5.41, 5.74) is 1.20. The van der Waals surface area contributed by atoms with Gasteiger partial charge in [-0.3, -0.25) is 0 Å². The van der Waals surface area contributed by atoms with Crippen LogP contribution in [0.25, 0.3) is 0 Å². The summed E-state index contributed by atoms with van der Waals surface area (Å²) < 4.78 is 0.